The molecule has 18 heavy (non-hydrogen) atoms. The molecule has 3 heteroatoms. The molecule has 2 rings (SSSR count). The molecule has 0 saturated carbocycles. The lowest BCUT2D eigenvalue weighted by molar-refractivity contribution is 0.236. The van der Waals surface area contributed by atoms with Crippen LogP contribution in [0.3, 0.4) is 0 Å². The van der Waals surface area contributed by atoms with E-state index in [2.05, 4.69) is 42.7 Å². The first kappa shape index (κ1) is 12.9. The highest BCUT2D eigenvalue weighted by Crippen LogP contribution is 2.30. The topological polar surface area (TPSA) is 41.1 Å². The summed E-state index contributed by atoms with van der Waals surface area (Å²) in [5.41, 5.74) is 2.64. The maximum atomic E-state index is 11.8. The van der Waals surface area contributed by atoms with Gasteiger partial charge in [-0.1, -0.05) is 38.1 Å². The smallest absolute Gasteiger partial charge is 0.315 e. The molecule has 0 aromatic heterocycles. The quantitative estimate of drug-likeness (QED) is 0.842. The highest BCUT2D eigenvalue weighted by Gasteiger charge is 2.22. The van der Waals surface area contributed by atoms with Gasteiger partial charge in [0.2, 0.25) is 0 Å². The Bertz CT molecular complexity index is 415. The Balaban J connectivity index is 1.82. The van der Waals surface area contributed by atoms with Crippen molar-refractivity contribution in [1.82, 2.24) is 10.6 Å². The van der Waals surface area contributed by atoms with Gasteiger partial charge in [-0.2, -0.15) is 0 Å². The van der Waals surface area contributed by atoms with Crippen LogP contribution in [-0.2, 0) is 6.42 Å². The zero-order valence-electron chi connectivity index (χ0n) is 11.2. The number of benzene rings is 1. The summed E-state index contributed by atoms with van der Waals surface area (Å²) >= 11 is 0. The van der Waals surface area contributed by atoms with Gasteiger partial charge in [0, 0.05) is 6.54 Å². The summed E-state index contributed by atoms with van der Waals surface area (Å²) in [6.07, 6.45) is 3.10. The minimum atomic E-state index is -0.0441. The molecule has 3 nitrogen and oxygen atoms in total. The molecule has 0 radical (unpaired) electrons. The second-order valence-electron chi connectivity index (χ2n) is 5.37. The average molecular weight is 246 g/mol. The van der Waals surface area contributed by atoms with E-state index in [1.807, 2.05) is 6.07 Å². The number of hydrogen-bond donors (Lipinski definition) is 2. The molecule has 0 bridgehead atoms. The molecular formula is C15H22N2O. The Labute approximate surface area is 109 Å². The van der Waals surface area contributed by atoms with Crippen molar-refractivity contribution in [1.29, 1.82) is 0 Å². The normalized spacial score (nSPS) is 17.6. The monoisotopic (exact) mass is 246 g/mol. The van der Waals surface area contributed by atoms with E-state index in [4.69, 9.17) is 0 Å². The molecule has 2 N–H and O–H groups in total. The molecule has 0 heterocycles. The lowest BCUT2D eigenvalue weighted by atomic mass is 10.1. The van der Waals surface area contributed by atoms with Crippen molar-refractivity contribution in [3.05, 3.63) is 35.4 Å². The summed E-state index contributed by atoms with van der Waals surface area (Å²) in [7, 11) is 0. The second kappa shape index (κ2) is 5.89. The van der Waals surface area contributed by atoms with E-state index in [-0.39, 0.29) is 12.1 Å². The number of fused-ring (bicyclic) bond motifs is 1. The molecule has 1 aliphatic rings. The number of carbonyl (C=O) groups is 1. The van der Waals surface area contributed by atoms with E-state index in [0.717, 1.165) is 25.8 Å². The predicted molar refractivity (Wildman–Crippen MR) is 73.5 cm³/mol. The summed E-state index contributed by atoms with van der Waals surface area (Å²) in [5, 5.41) is 5.98. The lowest BCUT2D eigenvalue weighted by Crippen LogP contribution is -2.38. The minimum Gasteiger partial charge on any atom is -0.338 e. The van der Waals surface area contributed by atoms with E-state index in [0.29, 0.717) is 5.92 Å². The summed E-state index contributed by atoms with van der Waals surface area (Å²) in [6.45, 7) is 5.07. The van der Waals surface area contributed by atoms with Gasteiger partial charge < -0.3 is 10.6 Å². The summed E-state index contributed by atoms with van der Waals surface area (Å²) in [6, 6.07) is 8.49. The minimum absolute atomic E-state index is 0.0441. The van der Waals surface area contributed by atoms with Crippen LogP contribution in [0.25, 0.3) is 0 Å². The van der Waals surface area contributed by atoms with Crippen LogP contribution in [0, 0.1) is 5.92 Å². The van der Waals surface area contributed by atoms with E-state index < -0.39 is 0 Å². The van der Waals surface area contributed by atoms with Gasteiger partial charge in [0.25, 0.3) is 0 Å². The van der Waals surface area contributed by atoms with Crippen molar-refractivity contribution >= 4 is 6.03 Å². The second-order valence-corrected chi connectivity index (χ2v) is 5.37. The Morgan fingerprint density at radius 2 is 2.17 bits per heavy atom. The lowest BCUT2D eigenvalue weighted by Gasteiger charge is -2.15. The van der Waals surface area contributed by atoms with E-state index in [1.165, 1.54) is 11.1 Å². The first-order valence-electron chi connectivity index (χ1n) is 6.79. The Kier molecular flexibility index (Phi) is 4.24. The molecule has 1 atom stereocenters. The summed E-state index contributed by atoms with van der Waals surface area (Å²) in [4.78, 5) is 11.8. The third kappa shape index (κ3) is 3.25. The molecule has 0 aliphatic heterocycles. The van der Waals surface area contributed by atoms with Crippen LogP contribution in [0.1, 0.15) is 43.9 Å². The average Bonchev–Trinajstić information content (AvgIpc) is 2.72. The molecule has 1 aliphatic carbocycles. The van der Waals surface area contributed by atoms with Crippen LogP contribution in [0.15, 0.2) is 24.3 Å². The highest BCUT2D eigenvalue weighted by atomic mass is 16.2. The van der Waals surface area contributed by atoms with Gasteiger partial charge in [-0.3, -0.25) is 0 Å². The zero-order valence-corrected chi connectivity index (χ0v) is 11.2. The summed E-state index contributed by atoms with van der Waals surface area (Å²) in [5.74, 6) is 0.623. The number of nitrogens with one attached hydrogen (secondary N) is 2. The largest absolute Gasteiger partial charge is 0.338 e. The fraction of sp³-hybridized carbons (Fsp3) is 0.533. The van der Waals surface area contributed by atoms with E-state index in [9.17, 15) is 4.79 Å². The maximum Gasteiger partial charge on any atom is 0.315 e. The van der Waals surface area contributed by atoms with Crippen LogP contribution in [0.5, 0.6) is 0 Å². The molecule has 0 spiro atoms. The van der Waals surface area contributed by atoms with Crippen LogP contribution in [0.4, 0.5) is 4.79 Å². The molecule has 1 aromatic carbocycles. The van der Waals surface area contributed by atoms with Crippen molar-refractivity contribution < 1.29 is 4.79 Å². The number of amides is 2. The SMILES string of the molecule is CC(C)CCNC(=O)N[C@@H]1CCc2ccccc21. The van der Waals surface area contributed by atoms with E-state index in [1.54, 1.807) is 0 Å². The predicted octanol–water partition coefficient (Wildman–Crippen LogP) is 3.02. The molecule has 98 valence electrons. The van der Waals surface area contributed by atoms with Crippen LogP contribution >= 0.6 is 0 Å². The third-order valence-corrected chi connectivity index (χ3v) is 3.45. The highest BCUT2D eigenvalue weighted by molar-refractivity contribution is 5.74. The molecular weight excluding hydrogens is 224 g/mol. The van der Waals surface area contributed by atoms with Gasteiger partial charge in [-0.25, -0.2) is 4.79 Å². The standard InChI is InChI=1S/C15H22N2O/c1-11(2)9-10-16-15(18)17-14-8-7-12-5-3-4-6-13(12)14/h3-6,11,14H,7-10H2,1-2H3,(H2,16,17,18)/t14-/m1/s1. The molecule has 0 fully saturated rings. The van der Waals surface area contributed by atoms with Gasteiger partial charge in [0.05, 0.1) is 6.04 Å². The van der Waals surface area contributed by atoms with Gasteiger partial charge in [-0.15, -0.1) is 0 Å². The Morgan fingerprint density at radius 3 is 2.94 bits per heavy atom. The number of hydrogen-bond acceptors (Lipinski definition) is 1. The fourth-order valence-corrected chi connectivity index (χ4v) is 2.39. The van der Waals surface area contributed by atoms with Crippen molar-refractivity contribution in [2.75, 3.05) is 6.54 Å². The van der Waals surface area contributed by atoms with Gasteiger partial charge >= 0.3 is 6.03 Å². The van der Waals surface area contributed by atoms with Crippen molar-refractivity contribution in [2.45, 2.75) is 39.2 Å². The van der Waals surface area contributed by atoms with Gasteiger partial charge in [0.1, 0.15) is 0 Å². The van der Waals surface area contributed by atoms with Crippen molar-refractivity contribution in [3.63, 3.8) is 0 Å². The zero-order chi connectivity index (χ0) is 13.0. The number of urea groups is 1. The number of aryl methyl sites for hydroxylation is 1. The Hall–Kier alpha value is -1.51. The summed E-state index contributed by atoms with van der Waals surface area (Å²) < 4.78 is 0. The fourth-order valence-electron chi connectivity index (χ4n) is 2.39. The van der Waals surface area contributed by atoms with Crippen molar-refractivity contribution in [2.24, 2.45) is 5.92 Å². The third-order valence-electron chi connectivity index (χ3n) is 3.45. The van der Waals surface area contributed by atoms with Crippen LogP contribution in [-0.4, -0.2) is 12.6 Å². The molecule has 0 unspecified atom stereocenters. The van der Waals surface area contributed by atoms with Crippen LogP contribution in [0.2, 0.25) is 0 Å². The Morgan fingerprint density at radius 1 is 1.39 bits per heavy atom. The van der Waals surface area contributed by atoms with Crippen LogP contribution < -0.4 is 10.6 Å². The molecule has 0 saturated heterocycles. The molecule has 2 amide bonds. The number of rotatable bonds is 4. The maximum absolute atomic E-state index is 11.8. The van der Waals surface area contributed by atoms with Gasteiger partial charge in [-0.05, 0) is 36.3 Å². The van der Waals surface area contributed by atoms with Crippen molar-refractivity contribution in [3.8, 4) is 0 Å². The van der Waals surface area contributed by atoms with E-state index >= 15 is 0 Å². The number of carbonyl (C=O) groups excluding carboxylic acids is 1. The first-order chi connectivity index (χ1) is 8.66. The van der Waals surface area contributed by atoms with Gasteiger partial charge in [0.15, 0.2) is 0 Å². The first-order valence-corrected chi connectivity index (χ1v) is 6.79. The molecule has 1 aromatic rings.